The molecule has 0 unspecified atom stereocenters. The summed E-state index contributed by atoms with van der Waals surface area (Å²) in [5, 5.41) is 0.683. The number of nitrogens with one attached hydrogen (secondary N) is 1. The van der Waals surface area contributed by atoms with Crippen molar-refractivity contribution in [3.63, 3.8) is 0 Å². The largest absolute Gasteiger partial charge is 0.495 e. The van der Waals surface area contributed by atoms with E-state index >= 15 is 0 Å². The molecule has 7 nitrogen and oxygen atoms in total. The van der Waals surface area contributed by atoms with Crippen molar-refractivity contribution < 1.29 is 22.7 Å². The van der Waals surface area contributed by atoms with E-state index in [2.05, 4.69) is 4.72 Å². The number of ether oxygens (including phenoxy) is 1. The van der Waals surface area contributed by atoms with E-state index < -0.39 is 10.0 Å². The summed E-state index contributed by atoms with van der Waals surface area (Å²) in [6.07, 6.45) is 0.194. The van der Waals surface area contributed by atoms with Crippen LogP contribution < -0.4 is 14.4 Å². The van der Waals surface area contributed by atoms with Crippen molar-refractivity contribution in [2.75, 3.05) is 24.3 Å². The number of benzene rings is 2. The number of imide groups is 1. The number of carbonyl (C=O) groups excluding carboxylic acids is 2. The Morgan fingerprint density at radius 3 is 2.50 bits per heavy atom. The first-order valence-corrected chi connectivity index (χ1v) is 12.2. The molecular weight excluding hydrogens is 448 g/mol. The van der Waals surface area contributed by atoms with Crippen molar-refractivity contribution in [2.45, 2.75) is 23.5 Å². The molecule has 1 aliphatic heterocycles. The van der Waals surface area contributed by atoms with Gasteiger partial charge in [0.1, 0.15) is 5.75 Å². The Kier molecular flexibility index (Phi) is 7.41. The highest BCUT2D eigenvalue weighted by molar-refractivity contribution is 7.98. The topological polar surface area (TPSA) is 92.8 Å². The fraction of sp³-hybridized carbons (Fsp3) is 0.300. The Morgan fingerprint density at radius 2 is 1.83 bits per heavy atom. The van der Waals surface area contributed by atoms with E-state index in [1.165, 1.54) is 25.3 Å². The van der Waals surface area contributed by atoms with E-state index in [4.69, 9.17) is 16.3 Å². The first kappa shape index (κ1) is 22.6. The van der Waals surface area contributed by atoms with E-state index in [1.807, 2.05) is 24.3 Å². The normalized spacial score (nSPS) is 14.4. The smallest absolute Gasteiger partial charge is 0.240 e. The van der Waals surface area contributed by atoms with Crippen molar-refractivity contribution >= 4 is 50.9 Å². The number of halogens is 1. The van der Waals surface area contributed by atoms with Gasteiger partial charge in [-0.15, -0.1) is 0 Å². The number of sulfonamides is 1. The van der Waals surface area contributed by atoms with Crippen LogP contribution in [0.25, 0.3) is 0 Å². The van der Waals surface area contributed by atoms with E-state index in [9.17, 15) is 18.0 Å². The molecule has 30 heavy (non-hydrogen) atoms. The number of rotatable bonds is 9. The van der Waals surface area contributed by atoms with Crippen LogP contribution in [-0.4, -0.2) is 39.6 Å². The molecule has 1 fully saturated rings. The summed E-state index contributed by atoms with van der Waals surface area (Å²) in [4.78, 5) is 25.1. The number of thioether (sulfide) groups is 1. The quantitative estimate of drug-likeness (QED) is 0.448. The Labute approximate surface area is 184 Å². The SMILES string of the molecule is COc1ccc(S(=O)(=O)NCCSCc2ccccc2Cl)cc1N1C(=O)CCC1=O. The standard InChI is InChI=1S/C20H21ClN2O5S2/c1-28-18-7-6-15(12-17(18)23-19(24)8-9-20(23)25)30(26,27)22-10-11-29-13-14-4-2-3-5-16(14)21/h2-7,12,22H,8-11,13H2,1H3. The second-order valence-corrected chi connectivity index (χ2v) is 9.78. The van der Waals surface area contributed by atoms with Crippen molar-refractivity contribution in [2.24, 2.45) is 0 Å². The molecule has 1 N–H and O–H groups in total. The Balaban J connectivity index is 1.65. The van der Waals surface area contributed by atoms with Crippen molar-refractivity contribution in [1.82, 2.24) is 4.72 Å². The van der Waals surface area contributed by atoms with Gasteiger partial charge in [0.05, 0.1) is 17.7 Å². The zero-order valence-corrected chi connectivity index (χ0v) is 18.6. The van der Waals surface area contributed by atoms with Crippen molar-refractivity contribution in [3.05, 3.63) is 53.1 Å². The van der Waals surface area contributed by atoms with Gasteiger partial charge in [-0.2, -0.15) is 11.8 Å². The van der Waals surface area contributed by atoms with Gasteiger partial charge in [0.25, 0.3) is 0 Å². The lowest BCUT2D eigenvalue weighted by Gasteiger charge is -2.18. The maximum Gasteiger partial charge on any atom is 0.240 e. The second-order valence-electron chi connectivity index (χ2n) is 6.50. The minimum atomic E-state index is -3.82. The maximum absolute atomic E-state index is 12.7. The minimum Gasteiger partial charge on any atom is -0.495 e. The molecule has 0 bridgehead atoms. The van der Waals surface area contributed by atoms with Gasteiger partial charge in [0.2, 0.25) is 21.8 Å². The molecule has 0 atom stereocenters. The van der Waals surface area contributed by atoms with E-state index in [0.29, 0.717) is 16.5 Å². The summed E-state index contributed by atoms with van der Waals surface area (Å²) in [6.45, 7) is 0.223. The zero-order chi connectivity index (χ0) is 21.7. The number of carbonyl (C=O) groups is 2. The van der Waals surface area contributed by atoms with Gasteiger partial charge >= 0.3 is 0 Å². The summed E-state index contributed by atoms with van der Waals surface area (Å²) in [6, 6.07) is 11.6. The third-order valence-corrected chi connectivity index (χ3v) is 7.34. The molecule has 0 spiro atoms. The first-order chi connectivity index (χ1) is 14.3. The highest BCUT2D eigenvalue weighted by Crippen LogP contribution is 2.34. The molecule has 0 aromatic heterocycles. The number of methoxy groups -OCH3 is 1. The van der Waals surface area contributed by atoms with E-state index in [-0.39, 0.29) is 47.5 Å². The summed E-state index contributed by atoms with van der Waals surface area (Å²) < 4.78 is 33.1. The molecule has 160 valence electrons. The third-order valence-electron chi connectivity index (χ3n) is 4.51. The Morgan fingerprint density at radius 1 is 1.13 bits per heavy atom. The Bertz CT molecular complexity index is 1040. The van der Waals surface area contributed by atoms with Gasteiger partial charge in [-0.1, -0.05) is 29.8 Å². The highest BCUT2D eigenvalue weighted by atomic mass is 35.5. The van der Waals surface area contributed by atoms with Crippen LogP contribution in [0.4, 0.5) is 5.69 Å². The average molecular weight is 469 g/mol. The summed E-state index contributed by atoms with van der Waals surface area (Å²) in [5.74, 6) is 0.727. The molecule has 0 aliphatic carbocycles. The van der Waals surface area contributed by atoms with E-state index in [1.54, 1.807) is 11.8 Å². The average Bonchev–Trinajstić information content (AvgIpc) is 3.06. The van der Waals surface area contributed by atoms with Crippen LogP contribution in [0.5, 0.6) is 5.75 Å². The van der Waals surface area contributed by atoms with Crippen LogP contribution in [0.3, 0.4) is 0 Å². The molecule has 0 saturated carbocycles. The van der Waals surface area contributed by atoms with Gasteiger partial charge in [-0.05, 0) is 29.8 Å². The molecule has 10 heteroatoms. The number of anilines is 1. The molecule has 1 aliphatic rings. The van der Waals surface area contributed by atoms with Crippen LogP contribution in [0.2, 0.25) is 5.02 Å². The lowest BCUT2D eigenvalue weighted by molar-refractivity contribution is -0.121. The minimum absolute atomic E-state index is 0.0399. The third kappa shape index (κ3) is 5.15. The molecular formula is C20H21ClN2O5S2. The molecule has 3 rings (SSSR count). The summed E-state index contributed by atoms with van der Waals surface area (Å²) >= 11 is 7.67. The van der Waals surface area contributed by atoms with Gasteiger partial charge in [0.15, 0.2) is 0 Å². The second kappa shape index (κ2) is 9.82. The highest BCUT2D eigenvalue weighted by Gasteiger charge is 2.33. The molecule has 2 amide bonds. The van der Waals surface area contributed by atoms with Gasteiger partial charge in [-0.25, -0.2) is 18.0 Å². The fourth-order valence-electron chi connectivity index (χ4n) is 2.99. The summed E-state index contributed by atoms with van der Waals surface area (Å²) in [7, 11) is -2.42. The van der Waals surface area contributed by atoms with Crippen LogP contribution in [0.15, 0.2) is 47.4 Å². The van der Waals surface area contributed by atoms with Crippen LogP contribution >= 0.6 is 23.4 Å². The fourth-order valence-corrected chi connectivity index (χ4v) is 5.31. The lowest BCUT2D eigenvalue weighted by Crippen LogP contribution is -2.30. The predicted molar refractivity (Wildman–Crippen MR) is 118 cm³/mol. The molecule has 0 radical (unpaired) electrons. The molecule has 1 heterocycles. The van der Waals surface area contributed by atoms with Gasteiger partial charge in [0, 0.05) is 35.9 Å². The van der Waals surface area contributed by atoms with Crippen LogP contribution in [0, 0.1) is 0 Å². The molecule has 2 aromatic carbocycles. The zero-order valence-electron chi connectivity index (χ0n) is 16.3. The number of nitrogens with zero attached hydrogens (tertiary/aromatic N) is 1. The maximum atomic E-state index is 12.7. The van der Waals surface area contributed by atoms with Crippen LogP contribution in [0.1, 0.15) is 18.4 Å². The lowest BCUT2D eigenvalue weighted by atomic mass is 10.2. The van der Waals surface area contributed by atoms with Crippen molar-refractivity contribution in [3.8, 4) is 5.75 Å². The van der Waals surface area contributed by atoms with E-state index in [0.717, 1.165) is 10.5 Å². The Hall–Kier alpha value is -2.07. The molecule has 1 saturated heterocycles. The first-order valence-electron chi connectivity index (χ1n) is 9.18. The number of amides is 2. The van der Waals surface area contributed by atoms with Crippen LogP contribution in [-0.2, 0) is 25.4 Å². The number of hydrogen-bond donors (Lipinski definition) is 1. The molecule has 2 aromatic rings. The predicted octanol–water partition coefficient (Wildman–Crippen LogP) is 3.21. The van der Waals surface area contributed by atoms with Crippen molar-refractivity contribution in [1.29, 1.82) is 0 Å². The monoisotopic (exact) mass is 468 g/mol. The van der Waals surface area contributed by atoms with Gasteiger partial charge < -0.3 is 4.74 Å². The summed E-state index contributed by atoms with van der Waals surface area (Å²) in [5.41, 5.74) is 1.13. The number of hydrogen-bond acceptors (Lipinski definition) is 6. The van der Waals surface area contributed by atoms with Gasteiger partial charge in [-0.3, -0.25) is 9.59 Å².